The van der Waals surface area contributed by atoms with Crippen molar-refractivity contribution in [3.8, 4) is 0 Å². The van der Waals surface area contributed by atoms with E-state index >= 15 is 0 Å². The molecule has 0 bridgehead atoms. The first kappa shape index (κ1) is 22.3. The molecular formula is C18H21N5O7. The SMILES string of the molecule is CC(C)Cn1c(N)c(C(=O)COC(=O)c2cc([N+](=O)[O-])ccc2N)c(=O)n(C)c1=O. The average Bonchev–Trinajstić information content (AvgIpc) is 2.68. The van der Waals surface area contributed by atoms with E-state index in [1.165, 1.54) is 7.05 Å². The van der Waals surface area contributed by atoms with Gasteiger partial charge in [-0.05, 0) is 12.0 Å². The summed E-state index contributed by atoms with van der Waals surface area (Å²) < 4.78 is 6.72. The molecule has 0 unspecified atom stereocenters. The summed E-state index contributed by atoms with van der Waals surface area (Å²) in [6.45, 7) is 2.94. The Hall–Kier alpha value is -3.96. The van der Waals surface area contributed by atoms with Crippen LogP contribution < -0.4 is 22.7 Å². The Kier molecular flexibility index (Phi) is 6.40. The standard InChI is InChI=1S/C18H21N5O7/c1-9(2)7-22-15(20)14(16(25)21(3)18(22)27)13(24)8-30-17(26)11-6-10(23(28)29)4-5-12(11)19/h4-6,9H,7-8,19-20H2,1-3H3. The highest BCUT2D eigenvalue weighted by molar-refractivity contribution is 6.03. The van der Waals surface area contributed by atoms with Gasteiger partial charge in [-0.1, -0.05) is 13.8 Å². The molecule has 0 atom stereocenters. The molecule has 12 heteroatoms. The van der Waals surface area contributed by atoms with Crippen molar-refractivity contribution >= 4 is 28.9 Å². The molecule has 0 fully saturated rings. The molecule has 160 valence electrons. The number of nitro benzene ring substituents is 1. The number of carbonyl (C=O) groups is 2. The Morgan fingerprint density at radius 1 is 1.23 bits per heavy atom. The lowest BCUT2D eigenvalue weighted by molar-refractivity contribution is -0.384. The average molecular weight is 419 g/mol. The number of rotatable bonds is 7. The van der Waals surface area contributed by atoms with Gasteiger partial charge in [0.2, 0.25) is 5.78 Å². The molecule has 1 aromatic carbocycles. The Bertz CT molecular complexity index is 1150. The second-order valence-corrected chi connectivity index (χ2v) is 6.94. The van der Waals surface area contributed by atoms with Crippen molar-refractivity contribution in [3.05, 3.63) is 60.3 Å². The summed E-state index contributed by atoms with van der Waals surface area (Å²) in [5, 5.41) is 10.9. The number of Topliss-reactive ketones (excluding diaryl/α,β-unsaturated/α-hetero) is 1. The highest BCUT2D eigenvalue weighted by Gasteiger charge is 2.24. The summed E-state index contributed by atoms with van der Waals surface area (Å²) in [6.07, 6.45) is 0. The lowest BCUT2D eigenvalue weighted by Crippen LogP contribution is -2.43. The van der Waals surface area contributed by atoms with Gasteiger partial charge in [-0.3, -0.25) is 28.8 Å². The lowest BCUT2D eigenvalue weighted by Gasteiger charge is -2.16. The number of nitrogens with two attached hydrogens (primary N) is 2. The summed E-state index contributed by atoms with van der Waals surface area (Å²) in [5.41, 5.74) is 8.67. The van der Waals surface area contributed by atoms with E-state index in [9.17, 15) is 29.3 Å². The first-order chi connectivity index (χ1) is 14.0. The van der Waals surface area contributed by atoms with Crippen molar-refractivity contribution in [1.82, 2.24) is 9.13 Å². The molecule has 1 heterocycles. The summed E-state index contributed by atoms with van der Waals surface area (Å²) in [4.78, 5) is 59.6. The number of aromatic nitrogens is 2. The van der Waals surface area contributed by atoms with Gasteiger partial charge in [-0.15, -0.1) is 0 Å². The van der Waals surface area contributed by atoms with Crippen LogP contribution in [0.4, 0.5) is 17.2 Å². The van der Waals surface area contributed by atoms with Crippen LogP contribution in [0.25, 0.3) is 0 Å². The molecule has 0 saturated heterocycles. The number of ether oxygens (including phenoxy) is 1. The second-order valence-electron chi connectivity index (χ2n) is 6.94. The van der Waals surface area contributed by atoms with Crippen molar-refractivity contribution in [1.29, 1.82) is 0 Å². The summed E-state index contributed by atoms with van der Waals surface area (Å²) in [6, 6.07) is 3.18. The number of anilines is 2. The summed E-state index contributed by atoms with van der Waals surface area (Å²) in [7, 11) is 1.20. The molecule has 0 aliphatic heterocycles. The first-order valence-corrected chi connectivity index (χ1v) is 8.79. The van der Waals surface area contributed by atoms with Gasteiger partial charge in [0.1, 0.15) is 11.4 Å². The van der Waals surface area contributed by atoms with Crippen LogP contribution in [-0.4, -0.2) is 32.4 Å². The minimum Gasteiger partial charge on any atom is -0.454 e. The molecule has 2 rings (SSSR count). The maximum atomic E-state index is 12.6. The number of hydrogen-bond acceptors (Lipinski definition) is 9. The zero-order chi connectivity index (χ0) is 22.7. The molecule has 0 spiro atoms. The van der Waals surface area contributed by atoms with Crippen molar-refractivity contribution in [2.75, 3.05) is 18.1 Å². The van der Waals surface area contributed by atoms with E-state index in [2.05, 4.69) is 0 Å². The van der Waals surface area contributed by atoms with Crippen LogP contribution in [0.1, 0.15) is 34.6 Å². The van der Waals surface area contributed by atoms with Crippen LogP contribution in [0.2, 0.25) is 0 Å². The second kappa shape index (κ2) is 8.59. The smallest absolute Gasteiger partial charge is 0.340 e. The number of nitrogen functional groups attached to an aromatic ring is 2. The number of esters is 1. The Morgan fingerprint density at radius 2 is 1.87 bits per heavy atom. The molecule has 0 amide bonds. The predicted octanol–water partition coefficient (Wildman–Crippen LogP) is 0.315. The number of nitrogens with zero attached hydrogens (tertiary/aromatic N) is 3. The summed E-state index contributed by atoms with van der Waals surface area (Å²) >= 11 is 0. The van der Waals surface area contributed by atoms with Crippen molar-refractivity contribution in [2.24, 2.45) is 13.0 Å². The topological polar surface area (TPSA) is 183 Å². The van der Waals surface area contributed by atoms with Gasteiger partial charge < -0.3 is 16.2 Å². The number of non-ortho nitro benzene ring substituents is 1. The van der Waals surface area contributed by atoms with E-state index in [-0.39, 0.29) is 35.2 Å². The molecule has 30 heavy (non-hydrogen) atoms. The molecule has 2 aromatic rings. The van der Waals surface area contributed by atoms with Crippen molar-refractivity contribution < 1.29 is 19.2 Å². The van der Waals surface area contributed by atoms with Gasteiger partial charge in [0.25, 0.3) is 11.2 Å². The van der Waals surface area contributed by atoms with Crippen molar-refractivity contribution in [3.63, 3.8) is 0 Å². The molecule has 0 aliphatic carbocycles. The summed E-state index contributed by atoms with van der Waals surface area (Å²) in [5.74, 6) is -2.34. The number of carbonyl (C=O) groups excluding carboxylic acids is 2. The van der Waals surface area contributed by atoms with Gasteiger partial charge in [0.15, 0.2) is 6.61 Å². The molecule has 0 aliphatic rings. The highest BCUT2D eigenvalue weighted by Crippen LogP contribution is 2.20. The quantitative estimate of drug-likeness (QED) is 0.210. The number of hydrogen-bond donors (Lipinski definition) is 2. The van der Waals surface area contributed by atoms with Crippen molar-refractivity contribution in [2.45, 2.75) is 20.4 Å². The zero-order valence-electron chi connectivity index (χ0n) is 16.6. The Morgan fingerprint density at radius 3 is 2.43 bits per heavy atom. The number of nitro groups is 1. The minimum atomic E-state index is -1.09. The van der Waals surface area contributed by atoms with Crippen LogP contribution in [-0.2, 0) is 18.3 Å². The molecule has 0 radical (unpaired) electrons. The molecular weight excluding hydrogens is 398 g/mol. The Labute approximate surface area is 169 Å². The van der Waals surface area contributed by atoms with E-state index in [0.29, 0.717) is 0 Å². The van der Waals surface area contributed by atoms with Gasteiger partial charge in [0.05, 0.1) is 10.5 Å². The van der Waals surface area contributed by atoms with Gasteiger partial charge in [-0.25, -0.2) is 9.59 Å². The lowest BCUT2D eigenvalue weighted by atomic mass is 10.1. The monoisotopic (exact) mass is 419 g/mol. The molecule has 1 aromatic heterocycles. The predicted molar refractivity (Wildman–Crippen MR) is 107 cm³/mol. The largest absolute Gasteiger partial charge is 0.454 e. The van der Waals surface area contributed by atoms with Gasteiger partial charge in [-0.2, -0.15) is 0 Å². The number of benzene rings is 1. The fourth-order valence-electron chi connectivity index (χ4n) is 2.70. The first-order valence-electron chi connectivity index (χ1n) is 8.79. The van der Waals surface area contributed by atoms with Crippen LogP contribution in [0, 0.1) is 16.0 Å². The normalized spacial score (nSPS) is 10.8. The minimum absolute atomic E-state index is 0.000119. The maximum absolute atomic E-state index is 12.6. The van der Waals surface area contributed by atoms with Crippen LogP contribution in [0.15, 0.2) is 27.8 Å². The molecule has 4 N–H and O–H groups in total. The third-order valence-corrected chi connectivity index (χ3v) is 4.21. The van der Waals surface area contributed by atoms with Gasteiger partial charge >= 0.3 is 11.7 Å². The zero-order valence-corrected chi connectivity index (χ0v) is 16.6. The third-order valence-electron chi connectivity index (χ3n) is 4.21. The maximum Gasteiger partial charge on any atom is 0.340 e. The van der Waals surface area contributed by atoms with Crippen LogP contribution in [0.3, 0.4) is 0 Å². The highest BCUT2D eigenvalue weighted by atomic mass is 16.6. The van der Waals surface area contributed by atoms with E-state index in [1.807, 2.05) is 13.8 Å². The molecule has 12 nitrogen and oxygen atoms in total. The fraction of sp³-hybridized carbons (Fsp3) is 0.333. The van der Waals surface area contributed by atoms with E-state index < -0.39 is 40.1 Å². The van der Waals surface area contributed by atoms with Crippen LogP contribution >= 0.6 is 0 Å². The Balaban J connectivity index is 2.33. The van der Waals surface area contributed by atoms with Crippen LogP contribution in [0.5, 0.6) is 0 Å². The van der Waals surface area contributed by atoms with E-state index in [0.717, 1.165) is 27.3 Å². The van der Waals surface area contributed by atoms with Gasteiger partial charge in [0, 0.05) is 31.4 Å². The third kappa shape index (κ3) is 4.37. The number of ketones is 1. The van der Waals surface area contributed by atoms with E-state index in [4.69, 9.17) is 16.2 Å². The van der Waals surface area contributed by atoms with E-state index in [1.54, 1.807) is 0 Å². The molecule has 0 saturated carbocycles. The fourth-order valence-corrected chi connectivity index (χ4v) is 2.70.